The highest BCUT2D eigenvalue weighted by Gasteiger charge is 2.80. The zero-order valence-corrected chi connectivity index (χ0v) is 30.2. The number of nitriles is 1. The maximum Gasteiger partial charge on any atom is 0.407 e. The van der Waals surface area contributed by atoms with E-state index in [1.165, 1.54) is 25.3 Å². The Kier molecular flexibility index (Phi) is 9.42. The number of methoxy groups -OCH3 is 1. The van der Waals surface area contributed by atoms with Crippen molar-refractivity contribution in [3.05, 3.63) is 72.6 Å². The molecule has 2 aromatic rings. The third-order valence-corrected chi connectivity index (χ3v) is 15.2. The Bertz CT molecular complexity index is 1810. The fraction of sp³-hybridized carbons (Fsp3) is 0.564. The average molecular weight is 718 g/mol. The number of anilines is 1. The van der Waals surface area contributed by atoms with Gasteiger partial charge in [-0.3, -0.25) is 4.79 Å². The molecule has 2 aliphatic carbocycles. The lowest BCUT2D eigenvalue weighted by atomic mass is 9.57. The van der Waals surface area contributed by atoms with Gasteiger partial charge in [0.25, 0.3) is 0 Å². The predicted molar refractivity (Wildman–Crippen MR) is 191 cm³/mol. The summed E-state index contributed by atoms with van der Waals surface area (Å²) in [6, 6.07) is 16.5. The molecule has 3 aliphatic heterocycles. The summed E-state index contributed by atoms with van der Waals surface area (Å²) in [5.74, 6) is -0.00838. The highest BCUT2D eigenvalue weighted by molar-refractivity contribution is 7.92. The van der Waals surface area contributed by atoms with Gasteiger partial charge in [-0.2, -0.15) is 5.26 Å². The molecule has 0 radical (unpaired) electrons. The second-order valence-corrected chi connectivity index (χ2v) is 17.6. The monoisotopic (exact) mass is 717 g/mol. The number of ether oxygens (including phenoxy) is 1. The summed E-state index contributed by atoms with van der Waals surface area (Å²) in [7, 11) is -2.13. The average Bonchev–Trinajstić information content (AvgIpc) is 3.62. The Balaban J connectivity index is 0.959. The van der Waals surface area contributed by atoms with E-state index in [9.17, 15) is 27.7 Å². The SMILES string of the molecule is C=CC(=O)N1CCC(S(=O)(=O)c2ccc(N3CC(CN4CCC([C@@](C#N)(c5cccc(F)c5)[C@@]56CCC[C@]5(NC(=O)OC)C6)CC4)C3)cc2)CC1. The standard InChI is InChI=1S/C39H48FN5O5S/c1-3-35(46)44-20-14-34(15-21-44)51(48,49)33-10-8-32(9-11-33)45-24-28(25-45)23-43-18-12-29(13-19-43)39(27-41,30-6-4-7-31(40)22-30)37-16-5-17-38(37,26-37)42-36(47)50-2/h3-4,6-11,22,28-29,34H,1,5,12-21,23-26H2,2H3,(H,42,47)/t37-,38+,39+/m1/s1. The minimum absolute atomic E-state index is 0.0230. The van der Waals surface area contributed by atoms with Crippen molar-refractivity contribution in [2.45, 2.75) is 72.5 Å². The van der Waals surface area contributed by atoms with Gasteiger partial charge in [-0.15, -0.1) is 0 Å². The van der Waals surface area contributed by atoms with E-state index in [0.29, 0.717) is 43.2 Å². The normalized spacial score (nSPS) is 27.1. The number of halogens is 1. The highest BCUT2D eigenvalue weighted by atomic mass is 32.2. The Hall–Kier alpha value is -3.95. The number of benzene rings is 2. The summed E-state index contributed by atoms with van der Waals surface area (Å²) < 4.78 is 46.4. The topological polar surface area (TPSA) is 123 Å². The van der Waals surface area contributed by atoms with Crippen LogP contribution in [0.2, 0.25) is 0 Å². The van der Waals surface area contributed by atoms with Gasteiger partial charge in [0, 0.05) is 49.7 Å². The molecule has 51 heavy (non-hydrogen) atoms. The van der Waals surface area contributed by atoms with Crippen LogP contribution >= 0.6 is 0 Å². The first kappa shape index (κ1) is 35.5. The maximum atomic E-state index is 14.7. The number of carbonyl (C=O) groups is 2. The molecular weight excluding hydrogens is 670 g/mol. The Morgan fingerprint density at radius 2 is 1.78 bits per heavy atom. The van der Waals surface area contributed by atoms with Gasteiger partial charge in [-0.1, -0.05) is 25.1 Å². The van der Waals surface area contributed by atoms with Gasteiger partial charge in [-0.05, 0) is 112 Å². The van der Waals surface area contributed by atoms with Gasteiger partial charge in [-0.25, -0.2) is 17.6 Å². The number of likely N-dealkylation sites (tertiary alicyclic amines) is 2. The number of amides is 2. The van der Waals surface area contributed by atoms with Crippen LogP contribution in [0.5, 0.6) is 0 Å². The molecule has 0 aromatic heterocycles. The Morgan fingerprint density at radius 3 is 2.41 bits per heavy atom. The second-order valence-electron chi connectivity index (χ2n) is 15.4. The van der Waals surface area contributed by atoms with Crippen molar-refractivity contribution in [2.75, 3.05) is 57.8 Å². The third kappa shape index (κ3) is 6.00. The zero-order chi connectivity index (χ0) is 36.0. The van der Waals surface area contributed by atoms with Crippen molar-refractivity contribution in [3.8, 4) is 6.07 Å². The molecule has 5 fully saturated rings. The fourth-order valence-corrected chi connectivity index (χ4v) is 12.0. The molecule has 12 heteroatoms. The van der Waals surface area contributed by atoms with Crippen molar-refractivity contribution in [3.63, 3.8) is 0 Å². The van der Waals surface area contributed by atoms with E-state index in [1.54, 1.807) is 23.1 Å². The molecule has 7 rings (SSSR count). The summed E-state index contributed by atoms with van der Waals surface area (Å²) in [6.07, 6.45) is 6.46. The van der Waals surface area contributed by atoms with Crippen molar-refractivity contribution >= 4 is 27.5 Å². The van der Waals surface area contributed by atoms with E-state index in [-0.39, 0.29) is 17.6 Å². The molecule has 3 heterocycles. The second kappa shape index (κ2) is 13.6. The Labute approximate surface area is 300 Å². The first-order valence-electron chi connectivity index (χ1n) is 18.3. The number of sulfone groups is 1. The summed E-state index contributed by atoms with van der Waals surface area (Å²) in [5, 5.41) is 13.7. The zero-order valence-electron chi connectivity index (χ0n) is 29.4. The molecule has 3 atom stereocenters. The molecule has 2 saturated carbocycles. The molecule has 0 unspecified atom stereocenters. The number of carbonyl (C=O) groups excluding carboxylic acids is 2. The summed E-state index contributed by atoms with van der Waals surface area (Å²) >= 11 is 0. The first-order chi connectivity index (χ1) is 24.5. The number of rotatable bonds is 10. The van der Waals surface area contributed by atoms with Crippen molar-refractivity contribution in [2.24, 2.45) is 17.3 Å². The summed E-state index contributed by atoms with van der Waals surface area (Å²) in [5.41, 5.74) is -0.169. The quantitative estimate of drug-likeness (QED) is 0.339. The molecule has 0 spiro atoms. The van der Waals surface area contributed by atoms with E-state index in [2.05, 4.69) is 27.8 Å². The van der Waals surface area contributed by atoms with Crippen LogP contribution in [0.15, 0.2) is 66.1 Å². The molecular formula is C39H48FN5O5S. The number of hydrogen-bond acceptors (Lipinski definition) is 8. The van der Waals surface area contributed by atoms with Crippen LogP contribution in [-0.2, 0) is 24.8 Å². The predicted octanol–water partition coefficient (Wildman–Crippen LogP) is 5.05. The number of fused-ring (bicyclic) bond motifs is 1. The molecule has 2 aromatic carbocycles. The number of nitrogens with one attached hydrogen (secondary N) is 1. The van der Waals surface area contributed by atoms with E-state index in [0.717, 1.165) is 76.1 Å². The minimum Gasteiger partial charge on any atom is -0.453 e. The largest absolute Gasteiger partial charge is 0.453 e. The minimum atomic E-state index is -3.48. The Morgan fingerprint density at radius 1 is 1.08 bits per heavy atom. The van der Waals surface area contributed by atoms with Crippen molar-refractivity contribution < 1.29 is 27.1 Å². The summed E-state index contributed by atoms with van der Waals surface area (Å²) in [6.45, 7) is 8.78. The van der Waals surface area contributed by atoms with Crippen molar-refractivity contribution in [1.82, 2.24) is 15.1 Å². The van der Waals surface area contributed by atoms with Gasteiger partial charge in [0.1, 0.15) is 5.82 Å². The van der Waals surface area contributed by atoms with Gasteiger partial charge in [0.05, 0.1) is 34.3 Å². The highest BCUT2D eigenvalue weighted by Crippen LogP contribution is 2.76. The van der Waals surface area contributed by atoms with E-state index < -0.39 is 37.5 Å². The van der Waals surface area contributed by atoms with Crippen LogP contribution in [0.3, 0.4) is 0 Å². The number of piperidine rings is 2. The molecule has 1 N–H and O–H groups in total. The van der Waals surface area contributed by atoms with Crippen LogP contribution in [-0.4, -0.2) is 93.9 Å². The van der Waals surface area contributed by atoms with Crippen LogP contribution in [0, 0.1) is 34.4 Å². The van der Waals surface area contributed by atoms with Crippen molar-refractivity contribution in [1.29, 1.82) is 5.26 Å². The number of hydrogen-bond donors (Lipinski definition) is 1. The molecule has 10 nitrogen and oxygen atoms in total. The summed E-state index contributed by atoms with van der Waals surface area (Å²) in [4.78, 5) is 31.1. The van der Waals surface area contributed by atoms with Crippen LogP contribution in [0.4, 0.5) is 14.9 Å². The van der Waals surface area contributed by atoms with Crippen LogP contribution < -0.4 is 10.2 Å². The van der Waals surface area contributed by atoms with Crippen LogP contribution in [0.1, 0.15) is 56.9 Å². The van der Waals surface area contributed by atoms with Gasteiger partial charge < -0.3 is 24.8 Å². The number of alkyl carbamates (subject to hydrolysis) is 1. The van der Waals surface area contributed by atoms with Gasteiger partial charge >= 0.3 is 6.09 Å². The van der Waals surface area contributed by atoms with Crippen LogP contribution in [0.25, 0.3) is 0 Å². The van der Waals surface area contributed by atoms with E-state index >= 15 is 0 Å². The molecule has 272 valence electrons. The van der Waals surface area contributed by atoms with E-state index in [4.69, 9.17) is 4.74 Å². The lowest BCUT2D eigenvalue weighted by Gasteiger charge is -2.48. The lowest BCUT2D eigenvalue weighted by Crippen LogP contribution is -2.55. The van der Waals surface area contributed by atoms with E-state index in [1.807, 2.05) is 18.2 Å². The smallest absolute Gasteiger partial charge is 0.407 e. The lowest BCUT2D eigenvalue weighted by molar-refractivity contribution is -0.126. The third-order valence-electron chi connectivity index (χ3n) is 12.9. The molecule has 2 amide bonds. The molecule has 0 bridgehead atoms. The van der Waals surface area contributed by atoms with Gasteiger partial charge in [0.15, 0.2) is 9.84 Å². The first-order valence-corrected chi connectivity index (χ1v) is 19.8. The molecule has 5 aliphatic rings. The van der Waals surface area contributed by atoms with Gasteiger partial charge in [0.2, 0.25) is 5.91 Å². The molecule has 3 saturated heterocycles. The fourth-order valence-electron chi connectivity index (χ4n) is 10.3. The number of nitrogens with zero attached hydrogens (tertiary/aromatic N) is 4. The maximum absolute atomic E-state index is 14.7.